The summed E-state index contributed by atoms with van der Waals surface area (Å²) in [4.78, 5) is 14.0. The van der Waals surface area contributed by atoms with E-state index in [0.29, 0.717) is 22.7 Å². The number of halogens is 2. The molecule has 1 aliphatic carbocycles. The molecule has 5 nitrogen and oxygen atoms in total. The number of carbonyl (C=O) groups is 1. The minimum Gasteiger partial charge on any atom is -0.448 e. The summed E-state index contributed by atoms with van der Waals surface area (Å²) >= 11 is 0. The molecule has 1 atom stereocenters. The van der Waals surface area contributed by atoms with Crippen molar-refractivity contribution in [3.63, 3.8) is 0 Å². The van der Waals surface area contributed by atoms with Crippen LogP contribution in [0.1, 0.15) is 44.2 Å². The zero-order valence-corrected chi connectivity index (χ0v) is 15.8. The number of urea groups is 1. The van der Waals surface area contributed by atoms with E-state index < -0.39 is 23.5 Å². The molecule has 1 spiro atoms. The van der Waals surface area contributed by atoms with Crippen LogP contribution in [0.3, 0.4) is 0 Å². The molecule has 148 valence electrons. The fourth-order valence-corrected chi connectivity index (χ4v) is 3.67. The number of carbonyl (C=O) groups excluding carboxylic acids is 1. The van der Waals surface area contributed by atoms with Crippen LogP contribution in [0.4, 0.5) is 19.3 Å². The van der Waals surface area contributed by atoms with Crippen LogP contribution in [0, 0.1) is 11.6 Å². The molecule has 0 aromatic heterocycles. The molecule has 2 aliphatic rings. The number of rotatable bonds is 3. The Labute approximate surface area is 162 Å². The van der Waals surface area contributed by atoms with Gasteiger partial charge in [-0.3, -0.25) is 0 Å². The van der Waals surface area contributed by atoms with Gasteiger partial charge in [0.15, 0.2) is 23.1 Å². The number of amides is 2. The monoisotopic (exact) mass is 388 g/mol. The Morgan fingerprint density at radius 1 is 1.07 bits per heavy atom. The molecule has 7 heteroatoms. The average molecular weight is 388 g/mol. The lowest BCUT2D eigenvalue weighted by molar-refractivity contribution is -0.0716. The lowest BCUT2D eigenvalue weighted by Gasteiger charge is -2.25. The fourth-order valence-electron chi connectivity index (χ4n) is 3.67. The lowest BCUT2D eigenvalue weighted by Crippen LogP contribution is -2.34. The molecule has 2 aromatic rings. The third-order valence-corrected chi connectivity index (χ3v) is 5.48. The van der Waals surface area contributed by atoms with Crippen molar-refractivity contribution < 1.29 is 23.0 Å². The topological polar surface area (TPSA) is 50.8 Å². The van der Waals surface area contributed by atoms with Crippen LogP contribution in [0.5, 0.6) is 11.5 Å². The number of anilines is 1. The van der Waals surface area contributed by atoms with Gasteiger partial charge in [-0.1, -0.05) is 6.07 Å². The SMILES string of the molecule is CC(c1ccc(F)c(F)c1)N(C)C(=O)Nc1ccc2c(c1)OC1(CCCC1)O2. The average Bonchev–Trinajstić information content (AvgIpc) is 3.28. The van der Waals surface area contributed by atoms with Crippen LogP contribution in [0.25, 0.3) is 0 Å². The quantitative estimate of drug-likeness (QED) is 0.783. The standard InChI is InChI=1S/C21H22F2N2O3/c1-13(14-5-7-16(22)17(23)11-14)25(2)20(26)24-15-6-8-18-19(12-15)28-21(27-18)9-3-4-10-21/h5-8,11-13H,3-4,9-10H2,1-2H3,(H,24,26). The van der Waals surface area contributed by atoms with Gasteiger partial charge in [0.25, 0.3) is 5.79 Å². The summed E-state index contributed by atoms with van der Waals surface area (Å²) in [5.74, 6) is -1.10. The van der Waals surface area contributed by atoms with E-state index in [1.165, 1.54) is 11.0 Å². The van der Waals surface area contributed by atoms with E-state index in [-0.39, 0.29) is 6.03 Å². The molecular weight excluding hydrogens is 366 g/mol. The predicted octanol–water partition coefficient (Wildman–Crippen LogP) is 5.23. The Kier molecular flexibility index (Phi) is 4.61. The fraction of sp³-hybridized carbons (Fsp3) is 0.381. The van der Waals surface area contributed by atoms with Gasteiger partial charge < -0.3 is 19.7 Å². The van der Waals surface area contributed by atoms with Crippen molar-refractivity contribution in [2.45, 2.75) is 44.4 Å². The van der Waals surface area contributed by atoms with E-state index in [9.17, 15) is 13.6 Å². The van der Waals surface area contributed by atoms with Crippen molar-refractivity contribution in [3.05, 3.63) is 53.6 Å². The molecule has 2 amide bonds. The lowest BCUT2D eigenvalue weighted by atomic mass is 10.1. The van der Waals surface area contributed by atoms with Gasteiger partial charge >= 0.3 is 6.03 Å². The van der Waals surface area contributed by atoms with Crippen molar-refractivity contribution in [2.75, 3.05) is 12.4 Å². The highest BCUT2D eigenvalue weighted by atomic mass is 19.2. The first-order valence-electron chi connectivity index (χ1n) is 9.38. The van der Waals surface area contributed by atoms with Crippen LogP contribution in [0.2, 0.25) is 0 Å². The number of fused-ring (bicyclic) bond motifs is 1. The van der Waals surface area contributed by atoms with Crippen molar-refractivity contribution in [2.24, 2.45) is 0 Å². The second-order valence-electron chi connectivity index (χ2n) is 7.37. The number of hydrogen-bond acceptors (Lipinski definition) is 3. The van der Waals surface area contributed by atoms with Gasteiger partial charge in [-0.15, -0.1) is 0 Å². The molecule has 1 heterocycles. The first-order valence-corrected chi connectivity index (χ1v) is 9.38. The third kappa shape index (κ3) is 3.37. The van der Waals surface area contributed by atoms with Crippen molar-refractivity contribution in [1.29, 1.82) is 0 Å². The highest BCUT2D eigenvalue weighted by Gasteiger charge is 2.44. The second-order valence-corrected chi connectivity index (χ2v) is 7.37. The normalized spacial score (nSPS) is 17.6. The summed E-state index contributed by atoms with van der Waals surface area (Å²) in [5, 5.41) is 2.81. The Bertz CT molecular complexity index is 913. The van der Waals surface area contributed by atoms with E-state index in [4.69, 9.17) is 9.47 Å². The summed E-state index contributed by atoms with van der Waals surface area (Å²) in [5.41, 5.74) is 1.08. The van der Waals surface area contributed by atoms with Crippen molar-refractivity contribution >= 4 is 11.7 Å². The summed E-state index contributed by atoms with van der Waals surface area (Å²) in [6.45, 7) is 1.75. The minimum absolute atomic E-state index is 0.369. The predicted molar refractivity (Wildman–Crippen MR) is 100 cm³/mol. The number of benzene rings is 2. The number of nitrogens with zero attached hydrogens (tertiary/aromatic N) is 1. The smallest absolute Gasteiger partial charge is 0.322 e. The van der Waals surface area contributed by atoms with Crippen LogP contribution in [-0.2, 0) is 0 Å². The van der Waals surface area contributed by atoms with Gasteiger partial charge in [-0.2, -0.15) is 0 Å². The van der Waals surface area contributed by atoms with Gasteiger partial charge in [-0.25, -0.2) is 13.6 Å². The molecule has 2 aromatic carbocycles. The maximum atomic E-state index is 13.5. The minimum atomic E-state index is -0.935. The van der Waals surface area contributed by atoms with Crippen LogP contribution in [0.15, 0.2) is 36.4 Å². The molecule has 0 saturated heterocycles. The highest BCUT2D eigenvalue weighted by molar-refractivity contribution is 5.89. The van der Waals surface area contributed by atoms with Crippen LogP contribution in [-0.4, -0.2) is 23.8 Å². The van der Waals surface area contributed by atoms with E-state index in [2.05, 4.69) is 5.32 Å². The van der Waals surface area contributed by atoms with E-state index >= 15 is 0 Å². The van der Waals surface area contributed by atoms with Gasteiger partial charge in [-0.05, 0) is 49.6 Å². The van der Waals surface area contributed by atoms with E-state index in [0.717, 1.165) is 37.8 Å². The molecule has 1 fully saturated rings. The van der Waals surface area contributed by atoms with Gasteiger partial charge in [0.05, 0.1) is 6.04 Å². The maximum Gasteiger partial charge on any atom is 0.322 e. The third-order valence-electron chi connectivity index (χ3n) is 5.48. The van der Waals surface area contributed by atoms with Gasteiger partial charge in [0.2, 0.25) is 0 Å². The molecule has 1 unspecified atom stereocenters. The van der Waals surface area contributed by atoms with Crippen molar-refractivity contribution in [3.8, 4) is 11.5 Å². The number of ether oxygens (including phenoxy) is 2. The molecule has 28 heavy (non-hydrogen) atoms. The molecule has 1 saturated carbocycles. The van der Waals surface area contributed by atoms with E-state index in [1.807, 2.05) is 0 Å². The molecule has 1 aliphatic heterocycles. The molecular formula is C21H22F2N2O3. The zero-order valence-electron chi connectivity index (χ0n) is 15.8. The molecule has 0 radical (unpaired) electrons. The Morgan fingerprint density at radius 3 is 2.50 bits per heavy atom. The number of hydrogen-bond donors (Lipinski definition) is 1. The molecule has 0 bridgehead atoms. The van der Waals surface area contributed by atoms with E-state index in [1.54, 1.807) is 32.2 Å². The molecule has 1 N–H and O–H groups in total. The summed E-state index contributed by atoms with van der Waals surface area (Å²) in [7, 11) is 1.60. The first kappa shape index (κ1) is 18.5. The van der Waals surface area contributed by atoms with Crippen LogP contribution >= 0.6 is 0 Å². The Morgan fingerprint density at radius 2 is 1.79 bits per heavy atom. The van der Waals surface area contributed by atoms with Crippen LogP contribution < -0.4 is 14.8 Å². The second kappa shape index (κ2) is 6.96. The Balaban J connectivity index is 1.44. The summed E-state index contributed by atoms with van der Waals surface area (Å²) < 4.78 is 38.6. The highest BCUT2D eigenvalue weighted by Crippen LogP contribution is 2.47. The summed E-state index contributed by atoms with van der Waals surface area (Å²) in [6, 6.07) is 8.11. The first-order chi connectivity index (χ1) is 13.4. The van der Waals surface area contributed by atoms with Crippen molar-refractivity contribution in [1.82, 2.24) is 4.90 Å². The molecule has 4 rings (SSSR count). The summed E-state index contributed by atoms with van der Waals surface area (Å²) in [6.07, 6.45) is 3.87. The number of nitrogens with one attached hydrogen (secondary N) is 1. The largest absolute Gasteiger partial charge is 0.448 e. The zero-order chi connectivity index (χ0) is 19.9. The maximum absolute atomic E-state index is 13.5. The Hall–Kier alpha value is -2.83. The van der Waals surface area contributed by atoms with Gasteiger partial charge in [0, 0.05) is 31.6 Å². The van der Waals surface area contributed by atoms with Gasteiger partial charge in [0.1, 0.15) is 0 Å².